The minimum absolute atomic E-state index is 0.237. The topological polar surface area (TPSA) is 17.1 Å². The summed E-state index contributed by atoms with van der Waals surface area (Å²) in [6.07, 6.45) is 14.5. The van der Waals surface area contributed by atoms with Crippen molar-refractivity contribution in [1.29, 1.82) is 0 Å². The van der Waals surface area contributed by atoms with Crippen LogP contribution in [0.4, 0.5) is 0 Å². The van der Waals surface area contributed by atoms with Crippen LogP contribution in [0, 0.1) is 34.5 Å². The zero-order valence-corrected chi connectivity index (χ0v) is 16.4. The van der Waals surface area contributed by atoms with Crippen molar-refractivity contribution in [3.05, 3.63) is 0 Å². The fourth-order valence-electron chi connectivity index (χ4n) is 6.20. The van der Waals surface area contributed by atoms with Gasteiger partial charge < -0.3 is 4.79 Å². The summed E-state index contributed by atoms with van der Waals surface area (Å²) in [5.74, 6) is 2.75. The van der Waals surface area contributed by atoms with E-state index in [0.29, 0.717) is 11.3 Å². The molecule has 6 atom stereocenters. The Morgan fingerprint density at radius 3 is 2.43 bits per heavy atom. The number of aldehydes is 1. The monoisotopic (exact) mass is 320 g/mol. The normalized spacial score (nSPS) is 43.1. The quantitative estimate of drug-likeness (QED) is 0.501. The number of carbonyl (C=O) groups excluding carboxylic acids is 1. The molecule has 134 valence electrons. The lowest BCUT2D eigenvalue weighted by molar-refractivity contribution is -0.119. The molecule has 2 aliphatic carbocycles. The summed E-state index contributed by atoms with van der Waals surface area (Å²) < 4.78 is 0. The molecule has 0 amide bonds. The van der Waals surface area contributed by atoms with E-state index in [9.17, 15) is 4.79 Å². The van der Waals surface area contributed by atoms with E-state index >= 15 is 0 Å². The fraction of sp³-hybridized carbons (Fsp3) is 0.955. The smallest absolute Gasteiger partial charge is 0.123 e. The van der Waals surface area contributed by atoms with E-state index in [1.165, 1.54) is 57.7 Å². The van der Waals surface area contributed by atoms with Gasteiger partial charge in [-0.25, -0.2) is 0 Å². The van der Waals surface area contributed by atoms with Crippen LogP contribution in [0.25, 0.3) is 0 Å². The van der Waals surface area contributed by atoms with Crippen LogP contribution in [0.1, 0.15) is 98.8 Å². The Hall–Kier alpha value is -0.330. The highest BCUT2D eigenvalue weighted by molar-refractivity contribution is 5.55. The van der Waals surface area contributed by atoms with Crippen molar-refractivity contribution in [2.45, 2.75) is 98.8 Å². The fourth-order valence-corrected chi connectivity index (χ4v) is 6.20. The van der Waals surface area contributed by atoms with Gasteiger partial charge in [-0.05, 0) is 67.1 Å². The van der Waals surface area contributed by atoms with E-state index < -0.39 is 0 Å². The Bertz CT molecular complexity index is 389. The van der Waals surface area contributed by atoms with Gasteiger partial charge >= 0.3 is 0 Å². The highest BCUT2D eigenvalue weighted by atomic mass is 16.1. The number of rotatable bonds is 6. The van der Waals surface area contributed by atoms with Gasteiger partial charge in [0.05, 0.1) is 0 Å². The lowest BCUT2D eigenvalue weighted by Gasteiger charge is -2.54. The van der Waals surface area contributed by atoms with Crippen LogP contribution in [0.5, 0.6) is 0 Å². The Kier molecular flexibility index (Phi) is 6.36. The molecule has 0 heterocycles. The van der Waals surface area contributed by atoms with Gasteiger partial charge in [0.15, 0.2) is 0 Å². The molecule has 0 spiro atoms. The van der Waals surface area contributed by atoms with Gasteiger partial charge in [-0.1, -0.05) is 60.3 Å². The largest absolute Gasteiger partial charge is 0.303 e. The number of carbonyl (C=O) groups is 1. The molecule has 0 aromatic rings. The predicted octanol–water partition coefficient (Wildman–Crippen LogP) is 6.65. The van der Waals surface area contributed by atoms with Gasteiger partial charge in [0.1, 0.15) is 6.29 Å². The van der Waals surface area contributed by atoms with E-state index in [1.807, 2.05) is 0 Å². The van der Waals surface area contributed by atoms with Crippen LogP contribution in [0.15, 0.2) is 0 Å². The molecule has 1 heteroatoms. The molecule has 2 aliphatic rings. The molecule has 2 fully saturated rings. The van der Waals surface area contributed by atoms with E-state index in [1.54, 1.807) is 0 Å². The van der Waals surface area contributed by atoms with Gasteiger partial charge in [0.2, 0.25) is 0 Å². The van der Waals surface area contributed by atoms with E-state index in [4.69, 9.17) is 0 Å². The average Bonchev–Trinajstić information content (AvgIpc) is 2.55. The third-order valence-corrected chi connectivity index (χ3v) is 8.28. The van der Waals surface area contributed by atoms with Gasteiger partial charge in [0, 0.05) is 5.92 Å². The van der Waals surface area contributed by atoms with Gasteiger partial charge in [0.25, 0.3) is 0 Å². The molecular weight excluding hydrogens is 280 g/mol. The second-order valence-electron chi connectivity index (χ2n) is 9.27. The summed E-state index contributed by atoms with van der Waals surface area (Å²) in [6, 6.07) is 0. The Morgan fingerprint density at radius 1 is 1.13 bits per heavy atom. The number of hydrogen-bond donors (Lipinski definition) is 0. The maximum Gasteiger partial charge on any atom is 0.123 e. The molecular formula is C22H40O. The second kappa shape index (κ2) is 7.70. The highest BCUT2D eigenvalue weighted by Crippen LogP contribution is 2.57. The SMILES string of the molecule is CCCC(C=O)C1(C)CCC(C2(C)CCCCC2CC)CC1C. The molecule has 23 heavy (non-hydrogen) atoms. The minimum Gasteiger partial charge on any atom is -0.303 e. The maximum absolute atomic E-state index is 11.7. The summed E-state index contributed by atoms with van der Waals surface area (Å²) in [6.45, 7) is 12.1. The van der Waals surface area contributed by atoms with E-state index in [0.717, 1.165) is 24.7 Å². The molecule has 2 rings (SSSR count). The van der Waals surface area contributed by atoms with Crippen molar-refractivity contribution in [3.8, 4) is 0 Å². The van der Waals surface area contributed by atoms with Gasteiger partial charge in [-0.2, -0.15) is 0 Å². The third-order valence-electron chi connectivity index (χ3n) is 8.28. The van der Waals surface area contributed by atoms with Crippen molar-refractivity contribution < 1.29 is 4.79 Å². The van der Waals surface area contributed by atoms with E-state index in [2.05, 4.69) is 34.6 Å². The van der Waals surface area contributed by atoms with Crippen LogP contribution in [0.3, 0.4) is 0 Å². The zero-order chi connectivity index (χ0) is 17.1. The summed E-state index contributed by atoms with van der Waals surface area (Å²) in [4.78, 5) is 11.7. The van der Waals surface area contributed by atoms with Gasteiger partial charge in [-0.3, -0.25) is 0 Å². The maximum atomic E-state index is 11.7. The molecule has 0 bridgehead atoms. The van der Waals surface area contributed by atoms with Crippen molar-refractivity contribution >= 4 is 6.29 Å². The Morgan fingerprint density at radius 2 is 1.87 bits per heavy atom. The molecule has 0 N–H and O–H groups in total. The second-order valence-corrected chi connectivity index (χ2v) is 9.27. The van der Waals surface area contributed by atoms with Crippen LogP contribution in [-0.4, -0.2) is 6.29 Å². The lowest BCUT2D eigenvalue weighted by atomic mass is 9.51. The van der Waals surface area contributed by atoms with E-state index in [-0.39, 0.29) is 11.3 Å². The summed E-state index contributed by atoms with van der Waals surface area (Å²) in [7, 11) is 0. The van der Waals surface area contributed by atoms with Crippen LogP contribution in [-0.2, 0) is 4.79 Å². The Labute approximate surface area is 145 Å². The van der Waals surface area contributed by atoms with Crippen molar-refractivity contribution in [2.24, 2.45) is 34.5 Å². The van der Waals surface area contributed by atoms with Crippen molar-refractivity contribution in [3.63, 3.8) is 0 Å². The number of hydrogen-bond acceptors (Lipinski definition) is 1. The highest BCUT2D eigenvalue weighted by Gasteiger charge is 2.49. The van der Waals surface area contributed by atoms with Crippen molar-refractivity contribution in [2.75, 3.05) is 0 Å². The summed E-state index contributed by atoms with van der Waals surface area (Å²) in [5, 5.41) is 0. The molecule has 6 unspecified atom stereocenters. The third kappa shape index (κ3) is 3.54. The van der Waals surface area contributed by atoms with Gasteiger partial charge in [-0.15, -0.1) is 0 Å². The molecule has 0 aromatic carbocycles. The first-order valence-electron chi connectivity index (χ1n) is 10.4. The standard InChI is InChI=1S/C22H40O/c1-6-10-20(16-23)21(4)14-12-19(15-17(21)3)22(5)13-9-8-11-18(22)7-2/h16-20H,6-15H2,1-5H3. The summed E-state index contributed by atoms with van der Waals surface area (Å²) in [5.41, 5.74) is 0.797. The first-order chi connectivity index (χ1) is 10.9. The predicted molar refractivity (Wildman–Crippen MR) is 99.4 cm³/mol. The first kappa shape index (κ1) is 19.0. The molecule has 2 saturated carbocycles. The minimum atomic E-state index is 0.237. The molecule has 0 aliphatic heterocycles. The average molecular weight is 321 g/mol. The Balaban J connectivity index is 2.12. The first-order valence-corrected chi connectivity index (χ1v) is 10.4. The van der Waals surface area contributed by atoms with Crippen LogP contribution < -0.4 is 0 Å². The molecule has 0 saturated heterocycles. The molecule has 0 radical (unpaired) electrons. The summed E-state index contributed by atoms with van der Waals surface area (Å²) >= 11 is 0. The molecule has 0 aromatic heterocycles. The van der Waals surface area contributed by atoms with Crippen molar-refractivity contribution in [1.82, 2.24) is 0 Å². The van der Waals surface area contributed by atoms with Crippen LogP contribution >= 0.6 is 0 Å². The zero-order valence-electron chi connectivity index (χ0n) is 16.4. The molecule has 1 nitrogen and oxygen atoms in total. The van der Waals surface area contributed by atoms with Crippen LogP contribution in [0.2, 0.25) is 0 Å². The lowest BCUT2D eigenvalue weighted by Crippen LogP contribution is -2.46.